The minimum Gasteiger partial charge on any atom is -0.484 e. The van der Waals surface area contributed by atoms with Crippen molar-refractivity contribution in [2.75, 3.05) is 6.61 Å². The van der Waals surface area contributed by atoms with Gasteiger partial charge in [-0.25, -0.2) is 8.78 Å². The molecule has 0 saturated carbocycles. The maximum atomic E-state index is 13.5. The molecule has 0 saturated heterocycles. The predicted molar refractivity (Wildman–Crippen MR) is 78.6 cm³/mol. The van der Waals surface area contributed by atoms with Gasteiger partial charge in [0.15, 0.2) is 6.61 Å². The van der Waals surface area contributed by atoms with Gasteiger partial charge in [-0.15, -0.1) is 0 Å². The van der Waals surface area contributed by atoms with Crippen molar-refractivity contribution in [1.29, 1.82) is 0 Å². The Morgan fingerprint density at radius 2 is 1.73 bits per heavy atom. The smallest absolute Gasteiger partial charge is 0.276 e. The van der Waals surface area contributed by atoms with Crippen molar-refractivity contribution in [3.8, 4) is 5.75 Å². The summed E-state index contributed by atoms with van der Waals surface area (Å²) in [6, 6.07) is 11.3. The lowest BCUT2D eigenvalue weighted by Crippen LogP contribution is -2.39. The van der Waals surface area contributed by atoms with Crippen molar-refractivity contribution in [3.63, 3.8) is 0 Å². The van der Waals surface area contributed by atoms with Gasteiger partial charge in [-0.3, -0.25) is 15.6 Å². The summed E-state index contributed by atoms with van der Waals surface area (Å²) in [5.74, 6) is -0.956. The molecule has 2 aromatic rings. The summed E-state index contributed by atoms with van der Waals surface area (Å²) < 4.78 is 31.4. The van der Waals surface area contributed by atoms with E-state index in [4.69, 9.17) is 4.74 Å². The third-order valence-electron chi connectivity index (χ3n) is 2.74. The van der Waals surface area contributed by atoms with E-state index in [1.807, 2.05) is 0 Å². The van der Waals surface area contributed by atoms with Crippen LogP contribution in [-0.2, 0) is 4.79 Å². The number of rotatable bonds is 6. The van der Waals surface area contributed by atoms with Crippen molar-refractivity contribution in [1.82, 2.24) is 10.9 Å². The van der Waals surface area contributed by atoms with Gasteiger partial charge in [0, 0.05) is 5.56 Å². The van der Waals surface area contributed by atoms with Gasteiger partial charge in [0.1, 0.15) is 17.4 Å². The molecule has 2 aromatic carbocycles. The lowest BCUT2D eigenvalue weighted by Gasteiger charge is -2.12. The molecule has 0 bridgehead atoms. The number of hydrogen-bond acceptors (Lipinski definition) is 3. The molecule has 2 N–H and O–H groups in total. The Bertz CT molecular complexity index is 672. The third kappa shape index (κ3) is 4.31. The SMILES string of the molecule is C=C(NNC(=O)COc1ccc(F)cc1)c1ccccc1F. The normalized spacial score (nSPS) is 9.91. The number of halogens is 2. The van der Waals surface area contributed by atoms with Gasteiger partial charge < -0.3 is 4.74 Å². The Labute approximate surface area is 126 Å². The van der Waals surface area contributed by atoms with Gasteiger partial charge in [-0.05, 0) is 36.4 Å². The zero-order valence-electron chi connectivity index (χ0n) is 11.6. The van der Waals surface area contributed by atoms with Crippen LogP contribution in [0.2, 0.25) is 0 Å². The van der Waals surface area contributed by atoms with E-state index in [0.29, 0.717) is 5.75 Å². The lowest BCUT2D eigenvalue weighted by molar-refractivity contribution is -0.123. The molecule has 1 amide bonds. The van der Waals surface area contributed by atoms with Crippen molar-refractivity contribution >= 4 is 11.6 Å². The first-order valence-electron chi connectivity index (χ1n) is 6.43. The molecule has 2 rings (SSSR count). The van der Waals surface area contributed by atoms with Gasteiger partial charge in [-0.1, -0.05) is 18.7 Å². The van der Waals surface area contributed by atoms with Crippen molar-refractivity contribution in [3.05, 3.63) is 72.3 Å². The van der Waals surface area contributed by atoms with E-state index in [0.717, 1.165) is 0 Å². The molecular weight excluding hydrogens is 290 g/mol. The first-order chi connectivity index (χ1) is 10.6. The number of hydrazine groups is 1. The molecule has 114 valence electrons. The molecule has 0 unspecified atom stereocenters. The Morgan fingerprint density at radius 3 is 2.41 bits per heavy atom. The zero-order valence-corrected chi connectivity index (χ0v) is 11.6. The van der Waals surface area contributed by atoms with Crippen molar-refractivity contribution < 1.29 is 18.3 Å². The second-order valence-corrected chi connectivity index (χ2v) is 4.37. The van der Waals surface area contributed by atoms with Crippen LogP contribution in [0.5, 0.6) is 5.75 Å². The first-order valence-corrected chi connectivity index (χ1v) is 6.43. The summed E-state index contributed by atoms with van der Waals surface area (Å²) >= 11 is 0. The second-order valence-electron chi connectivity index (χ2n) is 4.37. The van der Waals surface area contributed by atoms with Crippen LogP contribution in [0.15, 0.2) is 55.1 Å². The summed E-state index contributed by atoms with van der Waals surface area (Å²) in [5.41, 5.74) is 5.31. The summed E-state index contributed by atoms with van der Waals surface area (Å²) in [5, 5.41) is 0. The van der Waals surface area contributed by atoms with Crippen molar-refractivity contribution in [2.24, 2.45) is 0 Å². The summed E-state index contributed by atoms with van der Waals surface area (Å²) in [6.07, 6.45) is 0. The molecule has 0 fully saturated rings. The average molecular weight is 304 g/mol. The Hall–Kier alpha value is -2.89. The summed E-state index contributed by atoms with van der Waals surface area (Å²) in [6.45, 7) is 3.36. The molecule has 0 aliphatic rings. The third-order valence-corrected chi connectivity index (χ3v) is 2.74. The van der Waals surface area contributed by atoms with Crippen LogP contribution in [-0.4, -0.2) is 12.5 Å². The highest BCUT2D eigenvalue weighted by molar-refractivity contribution is 5.78. The van der Waals surface area contributed by atoms with Crippen LogP contribution in [0.1, 0.15) is 5.56 Å². The van der Waals surface area contributed by atoms with Crippen LogP contribution in [0.4, 0.5) is 8.78 Å². The largest absolute Gasteiger partial charge is 0.484 e. The van der Waals surface area contributed by atoms with Crippen LogP contribution >= 0.6 is 0 Å². The molecule has 22 heavy (non-hydrogen) atoms. The Morgan fingerprint density at radius 1 is 1.05 bits per heavy atom. The van der Waals surface area contributed by atoms with E-state index in [1.165, 1.54) is 36.4 Å². The van der Waals surface area contributed by atoms with Gasteiger partial charge in [-0.2, -0.15) is 0 Å². The maximum Gasteiger partial charge on any atom is 0.276 e. The molecule has 4 nitrogen and oxygen atoms in total. The van der Waals surface area contributed by atoms with Crippen LogP contribution < -0.4 is 15.6 Å². The molecule has 0 aliphatic heterocycles. The number of amides is 1. The number of carbonyl (C=O) groups is 1. The number of nitrogens with one attached hydrogen (secondary N) is 2. The Kier molecular flexibility index (Phi) is 5.08. The molecule has 0 atom stereocenters. The van der Waals surface area contributed by atoms with Gasteiger partial charge in [0.05, 0.1) is 5.70 Å². The molecule has 0 radical (unpaired) electrons. The number of hydrogen-bond donors (Lipinski definition) is 2. The van der Waals surface area contributed by atoms with Crippen molar-refractivity contribution in [2.45, 2.75) is 0 Å². The Balaban J connectivity index is 1.79. The maximum absolute atomic E-state index is 13.5. The highest BCUT2D eigenvalue weighted by Crippen LogP contribution is 2.13. The standard InChI is InChI=1S/C16H14F2N2O2/c1-11(14-4-2-3-5-15(14)18)19-20-16(21)10-22-13-8-6-12(17)7-9-13/h2-9,19H,1,10H2,(H,20,21). The van der Waals surface area contributed by atoms with E-state index in [2.05, 4.69) is 17.4 Å². The second kappa shape index (κ2) is 7.21. The fraction of sp³-hybridized carbons (Fsp3) is 0.0625. The molecule has 0 heterocycles. The lowest BCUT2D eigenvalue weighted by atomic mass is 10.2. The van der Waals surface area contributed by atoms with Crippen LogP contribution in [0.3, 0.4) is 0 Å². The van der Waals surface area contributed by atoms with Gasteiger partial charge in [0.2, 0.25) is 0 Å². The topological polar surface area (TPSA) is 50.4 Å². The van der Waals surface area contributed by atoms with E-state index in [-0.39, 0.29) is 23.7 Å². The monoisotopic (exact) mass is 304 g/mol. The minimum atomic E-state index is -0.484. The van der Waals surface area contributed by atoms with Crippen LogP contribution in [0, 0.1) is 11.6 Å². The predicted octanol–water partition coefficient (Wildman–Crippen LogP) is 2.64. The van der Waals surface area contributed by atoms with E-state index >= 15 is 0 Å². The highest BCUT2D eigenvalue weighted by atomic mass is 19.1. The molecule has 0 spiro atoms. The first kappa shape index (κ1) is 15.5. The van der Waals surface area contributed by atoms with Gasteiger partial charge >= 0.3 is 0 Å². The van der Waals surface area contributed by atoms with E-state index < -0.39 is 11.7 Å². The molecular formula is C16H14F2N2O2. The molecule has 6 heteroatoms. The van der Waals surface area contributed by atoms with E-state index in [1.54, 1.807) is 12.1 Å². The fourth-order valence-electron chi connectivity index (χ4n) is 1.63. The zero-order chi connectivity index (χ0) is 15.9. The fourth-order valence-corrected chi connectivity index (χ4v) is 1.63. The minimum absolute atomic E-state index is 0.216. The molecule has 0 aliphatic carbocycles. The summed E-state index contributed by atoms with van der Waals surface area (Å²) in [4.78, 5) is 11.6. The van der Waals surface area contributed by atoms with E-state index in [9.17, 15) is 13.6 Å². The number of benzene rings is 2. The number of ether oxygens (including phenoxy) is 1. The molecule has 0 aromatic heterocycles. The van der Waals surface area contributed by atoms with Crippen LogP contribution in [0.25, 0.3) is 5.70 Å². The van der Waals surface area contributed by atoms with Gasteiger partial charge in [0.25, 0.3) is 5.91 Å². The average Bonchev–Trinajstić information content (AvgIpc) is 2.52. The number of carbonyl (C=O) groups excluding carboxylic acids is 1. The highest BCUT2D eigenvalue weighted by Gasteiger charge is 2.07. The quantitative estimate of drug-likeness (QED) is 0.807. The summed E-state index contributed by atoms with van der Waals surface area (Å²) in [7, 11) is 0.